The Labute approximate surface area is 112 Å². The SMILES string of the molecule is CCC=CCCCC(CCCC)C(C)S(=O)(=O)O. The van der Waals surface area contributed by atoms with Gasteiger partial charge >= 0.3 is 0 Å². The van der Waals surface area contributed by atoms with Gasteiger partial charge in [0.1, 0.15) is 0 Å². The first-order valence-electron chi connectivity index (χ1n) is 7.04. The van der Waals surface area contributed by atoms with E-state index in [1.807, 2.05) is 0 Å². The second-order valence-corrected chi connectivity index (χ2v) is 6.71. The largest absolute Gasteiger partial charge is 0.285 e. The zero-order chi connectivity index (χ0) is 14.0. The summed E-state index contributed by atoms with van der Waals surface area (Å²) in [5.74, 6) is 0.0787. The lowest BCUT2D eigenvalue weighted by molar-refractivity contribution is 0.380. The summed E-state index contributed by atoms with van der Waals surface area (Å²) in [4.78, 5) is 0. The van der Waals surface area contributed by atoms with Crippen molar-refractivity contribution in [3.05, 3.63) is 12.2 Å². The highest BCUT2D eigenvalue weighted by Gasteiger charge is 2.26. The monoisotopic (exact) mass is 276 g/mol. The molecule has 0 aromatic heterocycles. The fourth-order valence-electron chi connectivity index (χ4n) is 2.11. The van der Waals surface area contributed by atoms with E-state index in [1.165, 1.54) is 0 Å². The van der Waals surface area contributed by atoms with Gasteiger partial charge in [-0.1, -0.05) is 38.8 Å². The molecule has 0 rings (SSSR count). The van der Waals surface area contributed by atoms with E-state index in [1.54, 1.807) is 6.92 Å². The van der Waals surface area contributed by atoms with Crippen LogP contribution in [0.5, 0.6) is 0 Å². The van der Waals surface area contributed by atoms with Crippen molar-refractivity contribution in [2.45, 2.75) is 71.0 Å². The minimum atomic E-state index is -3.90. The van der Waals surface area contributed by atoms with Gasteiger partial charge in [-0.25, -0.2) is 0 Å². The summed E-state index contributed by atoms with van der Waals surface area (Å²) in [5, 5.41) is -0.640. The van der Waals surface area contributed by atoms with E-state index in [4.69, 9.17) is 4.55 Å². The van der Waals surface area contributed by atoms with E-state index in [0.717, 1.165) is 44.9 Å². The van der Waals surface area contributed by atoms with Crippen LogP contribution in [0, 0.1) is 5.92 Å². The van der Waals surface area contributed by atoms with Crippen molar-refractivity contribution in [1.29, 1.82) is 0 Å². The Morgan fingerprint density at radius 2 is 1.72 bits per heavy atom. The van der Waals surface area contributed by atoms with Gasteiger partial charge in [-0.15, -0.1) is 0 Å². The maximum absolute atomic E-state index is 11.2. The minimum Gasteiger partial charge on any atom is -0.285 e. The van der Waals surface area contributed by atoms with E-state index in [2.05, 4.69) is 26.0 Å². The highest BCUT2D eigenvalue weighted by molar-refractivity contribution is 7.86. The molecule has 2 unspecified atom stereocenters. The van der Waals surface area contributed by atoms with Gasteiger partial charge in [0.2, 0.25) is 0 Å². The van der Waals surface area contributed by atoms with Crippen molar-refractivity contribution in [2.24, 2.45) is 5.92 Å². The summed E-state index contributed by atoms with van der Waals surface area (Å²) in [6.07, 6.45) is 11.1. The summed E-state index contributed by atoms with van der Waals surface area (Å²) in [6, 6.07) is 0. The van der Waals surface area contributed by atoms with Crippen LogP contribution < -0.4 is 0 Å². The van der Waals surface area contributed by atoms with Gasteiger partial charge < -0.3 is 0 Å². The summed E-state index contributed by atoms with van der Waals surface area (Å²) in [6.45, 7) is 5.82. The molecule has 0 aromatic carbocycles. The average Bonchev–Trinajstić information content (AvgIpc) is 2.30. The van der Waals surface area contributed by atoms with Crippen molar-refractivity contribution in [1.82, 2.24) is 0 Å². The molecule has 0 amide bonds. The molecule has 0 radical (unpaired) electrons. The van der Waals surface area contributed by atoms with Crippen LogP contribution in [-0.4, -0.2) is 18.2 Å². The maximum atomic E-state index is 11.2. The molecule has 3 nitrogen and oxygen atoms in total. The summed E-state index contributed by atoms with van der Waals surface area (Å²) in [7, 11) is -3.90. The third-order valence-electron chi connectivity index (χ3n) is 3.41. The third kappa shape index (κ3) is 7.88. The molecular formula is C14H28O3S. The van der Waals surface area contributed by atoms with Gasteiger partial charge in [0, 0.05) is 0 Å². The molecule has 0 bridgehead atoms. The molecule has 0 heterocycles. The first-order chi connectivity index (χ1) is 8.43. The lowest BCUT2D eigenvalue weighted by Gasteiger charge is -2.21. The van der Waals surface area contributed by atoms with Crippen LogP contribution in [0.4, 0.5) is 0 Å². The molecular weight excluding hydrogens is 248 g/mol. The van der Waals surface area contributed by atoms with E-state index in [-0.39, 0.29) is 5.92 Å². The number of allylic oxidation sites excluding steroid dienone is 2. The van der Waals surface area contributed by atoms with Crippen molar-refractivity contribution in [3.8, 4) is 0 Å². The topological polar surface area (TPSA) is 54.4 Å². The normalized spacial score (nSPS) is 16.0. The van der Waals surface area contributed by atoms with Crippen molar-refractivity contribution in [3.63, 3.8) is 0 Å². The Balaban J connectivity index is 4.27. The van der Waals surface area contributed by atoms with Gasteiger partial charge in [-0.05, 0) is 44.9 Å². The fraction of sp³-hybridized carbons (Fsp3) is 0.857. The summed E-state index contributed by atoms with van der Waals surface area (Å²) < 4.78 is 31.6. The van der Waals surface area contributed by atoms with Crippen molar-refractivity contribution >= 4 is 10.1 Å². The standard InChI is InChI=1S/C14H28O3S/c1-4-6-8-9-10-12-14(11-7-5-2)13(3)18(15,16)17/h6,8,13-14H,4-5,7,9-12H2,1-3H3,(H,15,16,17). The van der Waals surface area contributed by atoms with Crippen molar-refractivity contribution in [2.75, 3.05) is 0 Å². The van der Waals surface area contributed by atoms with Crippen LogP contribution in [0.15, 0.2) is 12.2 Å². The highest BCUT2D eigenvalue weighted by Crippen LogP contribution is 2.24. The van der Waals surface area contributed by atoms with Crippen LogP contribution in [-0.2, 0) is 10.1 Å². The third-order valence-corrected chi connectivity index (χ3v) is 4.73. The average molecular weight is 276 g/mol. The molecule has 0 saturated heterocycles. The van der Waals surface area contributed by atoms with Crippen molar-refractivity contribution < 1.29 is 13.0 Å². The minimum absolute atomic E-state index is 0.0787. The Morgan fingerprint density at radius 3 is 2.22 bits per heavy atom. The molecule has 0 fully saturated rings. The second kappa shape index (κ2) is 9.56. The summed E-state index contributed by atoms with van der Waals surface area (Å²) in [5.41, 5.74) is 0. The van der Waals surface area contributed by atoms with E-state index < -0.39 is 15.4 Å². The molecule has 18 heavy (non-hydrogen) atoms. The number of unbranched alkanes of at least 4 members (excludes halogenated alkanes) is 2. The first kappa shape index (κ1) is 17.6. The zero-order valence-corrected chi connectivity index (χ0v) is 12.7. The zero-order valence-electron chi connectivity index (χ0n) is 11.9. The van der Waals surface area contributed by atoms with Gasteiger partial charge in [-0.3, -0.25) is 4.55 Å². The fourth-order valence-corrected chi connectivity index (χ4v) is 2.86. The Kier molecular flexibility index (Phi) is 9.38. The molecule has 1 N–H and O–H groups in total. The quantitative estimate of drug-likeness (QED) is 0.369. The molecule has 0 aliphatic carbocycles. The lowest BCUT2D eigenvalue weighted by Crippen LogP contribution is -2.26. The number of rotatable bonds is 10. The Morgan fingerprint density at radius 1 is 1.11 bits per heavy atom. The first-order valence-corrected chi connectivity index (χ1v) is 8.55. The predicted octanol–water partition coefficient (Wildman–Crippen LogP) is 4.21. The smallest absolute Gasteiger partial charge is 0.267 e. The molecule has 4 heteroatoms. The van der Waals surface area contributed by atoms with Gasteiger partial charge in [0.25, 0.3) is 10.1 Å². The van der Waals surface area contributed by atoms with Gasteiger partial charge in [0.05, 0.1) is 5.25 Å². The van der Waals surface area contributed by atoms with E-state index in [0.29, 0.717) is 0 Å². The Hall–Kier alpha value is -0.350. The van der Waals surface area contributed by atoms with Gasteiger partial charge in [0.15, 0.2) is 0 Å². The molecule has 0 spiro atoms. The van der Waals surface area contributed by atoms with Crippen LogP contribution in [0.25, 0.3) is 0 Å². The molecule has 0 aliphatic rings. The number of hydrogen-bond acceptors (Lipinski definition) is 2. The van der Waals surface area contributed by atoms with E-state index >= 15 is 0 Å². The van der Waals surface area contributed by atoms with Crippen LogP contribution in [0.3, 0.4) is 0 Å². The molecule has 0 saturated carbocycles. The summed E-state index contributed by atoms with van der Waals surface area (Å²) >= 11 is 0. The molecule has 0 aliphatic heterocycles. The number of hydrogen-bond donors (Lipinski definition) is 1. The van der Waals surface area contributed by atoms with E-state index in [9.17, 15) is 8.42 Å². The van der Waals surface area contributed by atoms with Crippen LogP contribution in [0.1, 0.15) is 65.7 Å². The molecule has 2 atom stereocenters. The Bertz CT molecular complexity index is 320. The van der Waals surface area contributed by atoms with Gasteiger partial charge in [-0.2, -0.15) is 8.42 Å². The highest BCUT2D eigenvalue weighted by atomic mass is 32.2. The second-order valence-electron chi connectivity index (χ2n) is 4.93. The predicted molar refractivity (Wildman–Crippen MR) is 77.3 cm³/mol. The van der Waals surface area contributed by atoms with Crippen LogP contribution in [0.2, 0.25) is 0 Å². The molecule has 0 aromatic rings. The van der Waals surface area contributed by atoms with Crippen LogP contribution >= 0.6 is 0 Å². The molecule has 108 valence electrons. The lowest BCUT2D eigenvalue weighted by atomic mass is 9.93. The maximum Gasteiger partial charge on any atom is 0.267 e.